The topological polar surface area (TPSA) is 76.1 Å². The molecule has 0 radical (unpaired) electrons. The van der Waals surface area contributed by atoms with Crippen molar-refractivity contribution in [2.75, 3.05) is 31.1 Å². The van der Waals surface area contributed by atoms with Gasteiger partial charge in [-0.25, -0.2) is 19.8 Å². The number of hydrogen-bond acceptors (Lipinski definition) is 5. The van der Waals surface area contributed by atoms with Crippen molar-refractivity contribution in [1.29, 1.82) is 0 Å². The summed E-state index contributed by atoms with van der Waals surface area (Å²) in [5.74, 6) is 2.15. The lowest BCUT2D eigenvalue weighted by Crippen LogP contribution is -2.25. The summed E-state index contributed by atoms with van der Waals surface area (Å²) in [4.78, 5) is 16.7. The molecule has 170 valence electrons. The van der Waals surface area contributed by atoms with E-state index in [1.165, 1.54) is 9.25 Å². The molecule has 0 fully saturated rings. The zero-order valence-corrected chi connectivity index (χ0v) is 20.5. The molecule has 10 heteroatoms. The summed E-state index contributed by atoms with van der Waals surface area (Å²) in [6, 6.07) is 3.75. The third-order valence-corrected chi connectivity index (χ3v) is 6.69. The zero-order chi connectivity index (χ0) is 22.8. The normalized spacial score (nSPS) is 12.4. The Hall–Kier alpha value is -2.23. The van der Waals surface area contributed by atoms with Gasteiger partial charge in [0.2, 0.25) is 0 Å². The molecule has 8 nitrogen and oxygen atoms in total. The lowest BCUT2D eigenvalue weighted by molar-refractivity contribution is 0.0775. The molecule has 0 bridgehead atoms. The highest BCUT2D eigenvalue weighted by molar-refractivity contribution is 8.32. The molecule has 1 aromatic carbocycles. The Balaban J connectivity index is 1.75. The van der Waals surface area contributed by atoms with Gasteiger partial charge in [-0.3, -0.25) is 4.57 Å². The van der Waals surface area contributed by atoms with Crippen molar-refractivity contribution < 1.29 is 9.47 Å². The van der Waals surface area contributed by atoms with Crippen molar-refractivity contribution in [1.82, 2.24) is 23.9 Å². The first-order chi connectivity index (χ1) is 14.6. The predicted molar refractivity (Wildman–Crippen MR) is 126 cm³/mol. The predicted octanol–water partition coefficient (Wildman–Crippen LogP) is 3.19. The molecule has 3 rings (SSSR count). The van der Waals surface area contributed by atoms with Gasteiger partial charge in [0.15, 0.2) is 5.82 Å². The maximum Gasteiger partial charge on any atom is 0.347 e. The van der Waals surface area contributed by atoms with Crippen molar-refractivity contribution in [2.24, 2.45) is 14.1 Å². The maximum atomic E-state index is 12.5. The fourth-order valence-electron chi connectivity index (χ4n) is 2.94. The van der Waals surface area contributed by atoms with Crippen LogP contribution in [0, 0.1) is 6.92 Å². The summed E-state index contributed by atoms with van der Waals surface area (Å²) in [7, 11) is 2.95. The first-order valence-electron chi connectivity index (χ1n) is 9.83. The van der Waals surface area contributed by atoms with Gasteiger partial charge in [0.25, 0.3) is 0 Å². The van der Waals surface area contributed by atoms with E-state index >= 15 is 0 Å². The summed E-state index contributed by atoms with van der Waals surface area (Å²) < 4.78 is 16.4. The number of benzene rings is 1. The van der Waals surface area contributed by atoms with E-state index in [-0.39, 0.29) is 19.0 Å². The largest absolute Gasteiger partial charge is 0.485 e. The number of rotatable bonds is 9. The van der Waals surface area contributed by atoms with Crippen LogP contribution in [0.3, 0.4) is 0 Å². The van der Waals surface area contributed by atoms with E-state index in [1.807, 2.05) is 30.7 Å². The van der Waals surface area contributed by atoms with Crippen molar-refractivity contribution >= 4 is 21.6 Å². The van der Waals surface area contributed by atoms with Crippen molar-refractivity contribution in [3.8, 4) is 17.0 Å². The number of aryl methyl sites for hydroxylation is 2. The molecule has 0 aliphatic carbocycles. The Labute approximate surface area is 189 Å². The first kappa shape index (κ1) is 23.4. The fourth-order valence-corrected chi connectivity index (χ4v) is 3.72. The van der Waals surface area contributed by atoms with Crippen molar-refractivity contribution in [2.45, 2.75) is 20.3 Å². The van der Waals surface area contributed by atoms with Crippen LogP contribution in [0.1, 0.15) is 11.4 Å². The Morgan fingerprint density at radius 3 is 2.58 bits per heavy atom. The number of aromatic nitrogens is 5. The van der Waals surface area contributed by atoms with E-state index < -0.39 is 10.0 Å². The zero-order valence-electron chi connectivity index (χ0n) is 18.9. The molecular formula is C21H30ClN5O3S. The second-order valence-corrected chi connectivity index (χ2v) is 13.4. The molecule has 0 aliphatic heterocycles. The van der Waals surface area contributed by atoms with Crippen LogP contribution in [-0.4, -0.2) is 55.0 Å². The van der Waals surface area contributed by atoms with Crippen LogP contribution >= 0.6 is 21.6 Å². The smallest absolute Gasteiger partial charge is 0.347 e. The van der Waals surface area contributed by atoms with Crippen LogP contribution < -0.4 is 10.4 Å². The highest BCUT2D eigenvalue weighted by Crippen LogP contribution is 2.35. The van der Waals surface area contributed by atoms with Gasteiger partial charge in [-0.15, -0.1) is 5.10 Å². The summed E-state index contributed by atoms with van der Waals surface area (Å²) in [5.41, 5.74) is 2.37. The van der Waals surface area contributed by atoms with Crippen molar-refractivity contribution in [3.63, 3.8) is 0 Å². The molecule has 0 saturated carbocycles. The number of ether oxygens (including phenoxy) is 2. The van der Waals surface area contributed by atoms with Crippen molar-refractivity contribution in [3.05, 3.63) is 51.6 Å². The highest BCUT2D eigenvalue weighted by Gasteiger charge is 2.16. The Kier molecular flexibility index (Phi) is 7.18. The van der Waals surface area contributed by atoms with E-state index in [4.69, 9.17) is 21.1 Å². The standard InChI is InChI=1S/C21H30ClN5O3S/c1-15-9-19(16(10-17(15)22)18-11-23-13-25(18)2)30-12-20-24-27(21(28)26(20)3)14-29-7-8-31(4,5)6/h9-11,13H,7-8,12,14H2,1-6H3. The number of halogens is 1. The van der Waals surface area contributed by atoms with E-state index in [9.17, 15) is 4.79 Å². The second-order valence-electron chi connectivity index (χ2n) is 8.37. The minimum atomic E-state index is -0.637. The second kappa shape index (κ2) is 9.50. The molecule has 2 heterocycles. The third-order valence-electron chi connectivity index (χ3n) is 4.89. The van der Waals surface area contributed by atoms with Gasteiger partial charge in [0.1, 0.15) is 19.1 Å². The number of imidazole rings is 1. The third kappa shape index (κ3) is 5.72. The summed E-state index contributed by atoms with van der Waals surface area (Å²) >= 11 is 6.35. The lowest BCUT2D eigenvalue weighted by Gasteiger charge is -2.24. The maximum absolute atomic E-state index is 12.5. The van der Waals surface area contributed by atoms with Gasteiger partial charge in [-0.1, -0.05) is 11.6 Å². The fraction of sp³-hybridized carbons (Fsp3) is 0.476. The molecule has 0 saturated heterocycles. The van der Waals surface area contributed by atoms with Crippen LogP contribution in [0.4, 0.5) is 0 Å². The average molecular weight is 468 g/mol. The van der Waals surface area contributed by atoms with Crippen LogP contribution in [0.25, 0.3) is 11.3 Å². The van der Waals surface area contributed by atoms with Gasteiger partial charge in [-0.05, 0) is 43.4 Å². The molecule has 0 aliphatic rings. The molecule has 0 atom stereocenters. The highest BCUT2D eigenvalue weighted by atomic mass is 35.5. The number of hydrogen-bond donors (Lipinski definition) is 0. The van der Waals surface area contributed by atoms with Crippen LogP contribution in [-0.2, 0) is 32.2 Å². The Bertz CT molecular complexity index is 1110. The van der Waals surface area contributed by atoms with E-state index in [1.54, 1.807) is 19.6 Å². The summed E-state index contributed by atoms with van der Waals surface area (Å²) in [6.07, 6.45) is 10.2. The van der Waals surface area contributed by atoms with Gasteiger partial charge < -0.3 is 14.0 Å². The molecule has 0 N–H and O–H groups in total. The molecule has 3 aromatic rings. The van der Waals surface area contributed by atoms with Gasteiger partial charge >= 0.3 is 5.69 Å². The first-order valence-corrected chi connectivity index (χ1v) is 13.2. The van der Waals surface area contributed by atoms with Crippen LogP contribution in [0.2, 0.25) is 5.02 Å². The molecule has 0 spiro atoms. The van der Waals surface area contributed by atoms with E-state index in [2.05, 4.69) is 28.8 Å². The monoisotopic (exact) mass is 467 g/mol. The van der Waals surface area contributed by atoms with Crippen LogP contribution in [0.15, 0.2) is 29.5 Å². The van der Waals surface area contributed by atoms with Gasteiger partial charge in [-0.2, -0.15) is 4.68 Å². The molecule has 31 heavy (non-hydrogen) atoms. The molecular weight excluding hydrogens is 438 g/mol. The van der Waals surface area contributed by atoms with Gasteiger partial charge in [0.05, 0.1) is 24.8 Å². The lowest BCUT2D eigenvalue weighted by atomic mass is 10.1. The van der Waals surface area contributed by atoms with Gasteiger partial charge in [0, 0.05) is 30.4 Å². The Morgan fingerprint density at radius 2 is 1.94 bits per heavy atom. The molecule has 0 unspecified atom stereocenters. The summed E-state index contributed by atoms with van der Waals surface area (Å²) in [5, 5.41) is 5.04. The molecule has 0 amide bonds. The van der Waals surface area contributed by atoms with Crippen LogP contribution in [0.5, 0.6) is 5.75 Å². The summed E-state index contributed by atoms with van der Waals surface area (Å²) in [6.45, 7) is 2.79. The SMILES string of the molecule is Cc1cc(OCc2nn(COCCS(C)(C)C)c(=O)n2C)c(-c2cncn2C)cc1Cl. The van der Waals surface area contributed by atoms with E-state index in [0.29, 0.717) is 23.2 Å². The van der Waals surface area contributed by atoms with E-state index in [0.717, 1.165) is 22.6 Å². The quantitative estimate of drug-likeness (QED) is 0.452. The minimum Gasteiger partial charge on any atom is -0.485 e. The molecule has 2 aromatic heterocycles. The minimum absolute atomic E-state index is 0.127. The average Bonchev–Trinajstić information content (AvgIpc) is 3.23. The number of nitrogens with zero attached hydrogens (tertiary/aromatic N) is 5. The Morgan fingerprint density at radius 1 is 1.19 bits per heavy atom.